The third-order valence-electron chi connectivity index (χ3n) is 8.79. The van der Waals surface area contributed by atoms with Gasteiger partial charge in [0.25, 0.3) is 0 Å². The Labute approximate surface area is 222 Å². The highest BCUT2D eigenvalue weighted by Gasteiger charge is 2.78. The van der Waals surface area contributed by atoms with E-state index in [4.69, 9.17) is 4.74 Å². The van der Waals surface area contributed by atoms with Crippen molar-refractivity contribution in [3.05, 3.63) is 25.3 Å². The van der Waals surface area contributed by atoms with Crippen molar-refractivity contribution in [1.82, 2.24) is 14.7 Å². The van der Waals surface area contributed by atoms with E-state index in [1.165, 1.54) is 0 Å². The van der Waals surface area contributed by atoms with Crippen LogP contribution in [0.25, 0.3) is 0 Å². The van der Waals surface area contributed by atoms with E-state index >= 15 is 0 Å². The summed E-state index contributed by atoms with van der Waals surface area (Å²) in [6.45, 7) is 18.7. The number of nitrogens with zero attached hydrogens (tertiary/aromatic N) is 3. The molecule has 2 bridgehead atoms. The van der Waals surface area contributed by atoms with E-state index in [1.807, 2.05) is 27.7 Å². The molecule has 1 spiro atoms. The molecule has 0 aliphatic carbocycles. The van der Waals surface area contributed by atoms with Gasteiger partial charge in [0.15, 0.2) is 0 Å². The van der Waals surface area contributed by atoms with Gasteiger partial charge < -0.3 is 24.5 Å². The molecule has 7 atom stereocenters. The molecule has 3 fully saturated rings. The molecule has 208 valence electrons. The standard InChI is InChI=1S/C29H47N3O5/c1-8-13-20(6)31(18-11-4)27(36)24-29-15-14-28(7,37-29)22(25(34)30(16-9-2)17-10-3)23(29)26(35)32(24)21(12-5)19-33/h9,11,20-24,33H,2,4,8,10,12-19H2,1,3,5-7H3/t20?,21-,22-,23-,24?,28+,29?/m0/s1. The Kier molecular flexibility index (Phi) is 9.27. The Hall–Kier alpha value is -2.19. The smallest absolute Gasteiger partial charge is 0.248 e. The molecule has 3 amide bonds. The number of aliphatic hydroxyl groups is 1. The minimum Gasteiger partial charge on any atom is -0.394 e. The van der Waals surface area contributed by atoms with Crippen LogP contribution in [0.4, 0.5) is 0 Å². The van der Waals surface area contributed by atoms with Gasteiger partial charge in [-0.15, -0.1) is 13.2 Å². The SMILES string of the molecule is C=CCN(CCC)C(=O)[C@@H]1[C@H]2C(=O)N([C@@H](CC)CO)C(C(=O)N(CC=C)C(C)CCC)C23CC[C@@]1(C)O3. The van der Waals surface area contributed by atoms with Crippen molar-refractivity contribution in [3.8, 4) is 0 Å². The monoisotopic (exact) mass is 517 g/mol. The average molecular weight is 518 g/mol. The van der Waals surface area contributed by atoms with Crippen molar-refractivity contribution < 1.29 is 24.2 Å². The zero-order valence-corrected chi connectivity index (χ0v) is 23.4. The molecule has 8 heteroatoms. The van der Waals surface area contributed by atoms with Crippen LogP contribution in [-0.2, 0) is 19.1 Å². The summed E-state index contributed by atoms with van der Waals surface area (Å²) in [5.74, 6) is -1.99. The van der Waals surface area contributed by atoms with Gasteiger partial charge in [-0.1, -0.05) is 39.3 Å². The lowest BCUT2D eigenvalue weighted by molar-refractivity contribution is -0.157. The quantitative estimate of drug-likeness (QED) is 0.358. The van der Waals surface area contributed by atoms with Crippen molar-refractivity contribution in [2.45, 2.75) is 102 Å². The van der Waals surface area contributed by atoms with E-state index in [0.29, 0.717) is 38.9 Å². The summed E-state index contributed by atoms with van der Waals surface area (Å²) in [6.07, 6.45) is 7.56. The summed E-state index contributed by atoms with van der Waals surface area (Å²) >= 11 is 0. The minimum absolute atomic E-state index is 0.0450. The first kappa shape index (κ1) is 29.4. The maximum atomic E-state index is 14.4. The van der Waals surface area contributed by atoms with Gasteiger partial charge in [0.2, 0.25) is 17.7 Å². The highest BCUT2D eigenvalue weighted by Crippen LogP contribution is 2.64. The van der Waals surface area contributed by atoms with Gasteiger partial charge in [-0.25, -0.2) is 0 Å². The molecule has 8 nitrogen and oxygen atoms in total. The van der Waals surface area contributed by atoms with E-state index in [2.05, 4.69) is 20.1 Å². The Bertz CT molecular complexity index is 889. The van der Waals surface area contributed by atoms with Crippen LogP contribution in [0.2, 0.25) is 0 Å². The van der Waals surface area contributed by atoms with Gasteiger partial charge in [0.1, 0.15) is 11.6 Å². The molecule has 0 radical (unpaired) electrons. The van der Waals surface area contributed by atoms with Crippen LogP contribution in [0.15, 0.2) is 25.3 Å². The van der Waals surface area contributed by atoms with Crippen LogP contribution < -0.4 is 0 Å². The van der Waals surface area contributed by atoms with Gasteiger partial charge in [-0.3, -0.25) is 14.4 Å². The van der Waals surface area contributed by atoms with Crippen molar-refractivity contribution in [2.75, 3.05) is 26.2 Å². The first-order valence-corrected chi connectivity index (χ1v) is 14.1. The molecule has 3 rings (SSSR count). The molecule has 3 aliphatic heterocycles. The number of likely N-dealkylation sites (tertiary alicyclic amines) is 1. The molecule has 3 aliphatic rings. The van der Waals surface area contributed by atoms with Crippen LogP contribution in [0.3, 0.4) is 0 Å². The number of hydrogen-bond donors (Lipinski definition) is 1. The molecule has 0 aromatic heterocycles. The lowest BCUT2D eigenvalue weighted by Gasteiger charge is -2.41. The van der Waals surface area contributed by atoms with E-state index in [9.17, 15) is 19.5 Å². The molecule has 3 saturated heterocycles. The fraction of sp³-hybridized carbons (Fsp3) is 0.759. The number of aliphatic hydroxyl groups excluding tert-OH is 1. The highest BCUT2D eigenvalue weighted by molar-refractivity contribution is 5.99. The number of carbonyl (C=O) groups is 3. The molecule has 0 aromatic carbocycles. The second kappa shape index (κ2) is 11.7. The van der Waals surface area contributed by atoms with Crippen LogP contribution >= 0.6 is 0 Å². The van der Waals surface area contributed by atoms with Crippen molar-refractivity contribution in [1.29, 1.82) is 0 Å². The average Bonchev–Trinajstić information content (AvgIpc) is 3.43. The van der Waals surface area contributed by atoms with E-state index < -0.39 is 35.1 Å². The number of fused-ring (bicyclic) bond motifs is 1. The zero-order valence-electron chi connectivity index (χ0n) is 23.4. The molecule has 3 unspecified atom stereocenters. The third kappa shape index (κ3) is 4.76. The fourth-order valence-electron chi connectivity index (χ4n) is 7.10. The summed E-state index contributed by atoms with van der Waals surface area (Å²) in [4.78, 5) is 47.8. The molecule has 37 heavy (non-hydrogen) atoms. The van der Waals surface area contributed by atoms with Crippen LogP contribution in [0.5, 0.6) is 0 Å². The summed E-state index contributed by atoms with van der Waals surface area (Å²) in [5, 5.41) is 10.3. The topological polar surface area (TPSA) is 90.4 Å². The summed E-state index contributed by atoms with van der Waals surface area (Å²) in [7, 11) is 0. The van der Waals surface area contributed by atoms with Gasteiger partial charge in [-0.2, -0.15) is 0 Å². The summed E-state index contributed by atoms with van der Waals surface area (Å²) < 4.78 is 6.76. The van der Waals surface area contributed by atoms with Gasteiger partial charge >= 0.3 is 0 Å². The minimum atomic E-state index is -1.09. The second-order valence-corrected chi connectivity index (χ2v) is 11.2. The van der Waals surface area contributed by atoms with Gasteiger partial charge in [0.05, 0.1) is 30.1 Å². The van der Waals surface area contributed by atoms with Gasteiger partial charge in [0, 0.05) is 25.7 Å². The normalized spacial score (nSPS) is 31.7. The third-order valence-corrected chi connectivity index (χ3v) is 8.79. The summed E-state index contributed by atoms with van der Waals surface area (Å²) in [6, 6.07) is -1.46. The van der Waals surface area contributed by atoms with E-state index in [0.717, 1.165) is 19.3 Å². The zero-order chi connectivity index (χ0) is 27.5. The largest absolute Gasteiger partial charge is 0.394 e. The molecule has 3 heterocycles. The molecular weight excluding hydrogens is 470 g/mol. The number of carbonyl (C=O) groups excluding carboxylic acids is 3. The highest BCUT2D eigenvalue weighted by atomic mass is 16.5. The number of hydrogen-bond acceptors (Lipinski definition) is 5. The lowest BCUT2D eigenvalue weighted by atomic mass is 9.66. The van der Waals surface area contributed by atoms with E-state index in [-0.39, 0.29) is 30.4 Å². The first-order valence-electron chi connectivity index (χ1n) is 14.1. The fourth-order valence-corrected chi connectivity index (χ4v) is 7.10. The molecule has 0 saturated carbocycles. The van der Waals surface area contributed by atoms with Crippen molar-refractivity contribution in [3.63, 3.8) is 0 Å². The Balaban J connectivity index is 2.13. The van der Waals surface area contributed by atoms with Crippen LogP contribution in [0.1, 0.15) is 73.1 Å². The molecular formula is C29H47N3O5. The van der Waals surface area contributed by atoms with E-state index in [1.54, 1.807) is 26.9 Å². The molecule has 0 aromatic rings. The van der Waals surface area contributed by atoms with Crippen molar-refractivity contribution >= 4 is 17.7 Å². The Morgan fingerprint density at radius 1 is 1.16 bits per heavy atom. The maximum absolute atomic E-state index is 14.4. The Morgan fingerprint density at radius 3 is 2.38 bits per heavy atom. The van der Waals surface area contributed by atoms with Crippen LogP contribution in [0, 0.1) is 11.8 Å². The number of rotatable bonds is 14. The predicted molar refractivity (Wildman–Crippen MR) is 144 cm³/mol. The van der Waals surface area contributed by atoms with Crippen LogP contribution in [-0.4, -0.2) is 93.1 Å². The predicted octanol–water partition coefficient (Wildman–Crippen LogP) is 3.15. The second-order valence-electron chi connectivity index (χ2n) is 11.2. The van der Waals surface area contributed by atoms with Crippen molar-refractivity contribution in [2.24, 2.45) is 11.8 Å². The van der Waals surface area contributed by atoms with Gasteiger partial charge in [-0.05, 0) is 46.0 Å². The summed E-state index contributed by atoms with van der Waals surface area (Å²) in [5.41, 5.74) is -1.92. The Morgan fingerprint density at radius 2 is 1.84 bits per heavy atom. The number of ether oxygens (including phenoxy) is 1. The maximum Gasteiger partial charge on any atom is 0.248 e. The molecule has 1 N–H and O–H groups in total. The number of amides is 3. The lowest BCUT2D eigenvalue weighted by Crippen LogP contribution is -2.60. The first-order chi connectivity index (χ1) is 17.6.